The van der Waals surface area contributed by atoms with Crippen LogP contribution in [0, 0.1) is 0 Å². The van der Waals surface area contributed by atoms with Gasteiger partial charge in [-0.15, -0.1) is 11.6 Å². The minimum Gasteiger partial charge on any atom is -0.386 e. The molecule has 2 rings (SSSR count). The Kier molecular flexibility index (Phi) is 3.66. The molecule has 0 aliphatic rings. The first-order chi connectivity index (χ1) is 8.20. The fourth-order valence-corrected chi connectivity index (χ4v) is 1.57. The number of nitrogens with two attached hydrogens (primary N) is 1. The van der Waals surface area contributed by atoms with E-state index in [-0.39, 0.29) is 5.88 Å². The van der Waals surface area contributed by atoms with Crippen molar-refractivity contribution in [3.05, 3.63) is 41.7 Å². The first-order valence-corrected chi connectivity index (χ1v) is 5.80. The SMILES string of the molecule is NC(CCl)=Nc1ccccc1-n1cc(Cl)cn1. The summed E-state index contributed by atoms with van der Waals surface area (Å²) in [6.45, 7) is 0. The number of hydrogen-bond donors (Lipinski definition) is 1. The summed E-state index contributed by atoms with van der Waals surface area (Å²) in [5, 5.41) is 4.69. The van der Waals surface area contributed by atoms with Gasteiger partial charge in [-0.3, -0.25) is 0 Å². The molecule has 4 nitrogen and oxygen atoms in total. The summed E-state index contributed by atoms with van der Waals surface area (Å²) in [4.78, 5) is 4.22. The van der Waals surface area contributed by atoms with Crippen molar-refractivity contribution >= 4 is 34.7 Å². The van der Waals surface area contributed by atoms with E-state index in [4.69, 9.17) is 28.9 Å². The first kappa shape index (κ1) is 12.0. The number of para-hydroxylation sites is 2. The van der Waals surface area contributed by atoms with Gasteiger partial charge in [-0.1, -0.05) is 23.7 Å². The Bertz CT molecular complexity index is 548. The lowest BCUT2D eigenvalue weighted by Crippen LogP contribution is -2.12. The normalized spacial score (nSPS) is 11.8. The van der Waals surface area contributed by atoms with Gasteiger partial charge in [-0.2, -0.15) is 5.10 Å². The number of halogens is 2. The minimum atomic E-state index is 0.189. The van der Waals surface area contributed by atoms with Gasteiger partial charge in [0.1, 0.15) is 5.84 Å². The highest BCUT2D eigenvalue weighted by Gasteiger charge is 2.05. The molecular formula is C11H10Cl2N4. The second-order valence-electron chi connectivity index (χ2n) is 3.33. The molecule has 6 heteroatoms. The van der Waals surface area contributed by atoms with Gasteiger partial charge in [0.15, 0.2) is 0 Å². The second kappa shape index (κ2) is 5.21. The largest absolute Gasteiger partial charge is 0.386 e. The molecule has 0 unspecified atom stereocenters. The maximum Gasteiger partial charge on any atom is 0.115 e. The highest BCUT2D eigenvalue weighted by molar-refractivity contribution is 6.30. The molecule has 0 aliphatic heterocycles. The van der Waals surface area contributed by atoms with E-state index in [2.05, 4.69) is 10.1 Å². The summed E-state index contributed by atoms with van der Waals surface area (Å²) in [6.07, 6.45) is 3.26. The van der Waals surface area contributed by atoms with Gasteiger partial charge in [0.05, 0.1) is 28.5 Å². The van der Waals surface area contributed by atoms with Crippen molar-refractivity contribution in [1.82, 2.24) is 9.78 Å². The molecule has 0 atom stereocenters. The van der Waals surface area contributed by atoms with E-state index in [1.807, 2.05) is 24.3 Å². The summed E-state index contributed by atoms with van der Waals surface area (Å²) >= 11 is 11.4. The third-order valence-electron chi connectivity index (χ3n) is 2.08. The third-order valence-corrected chi connectivity index (χ3v) is 2.55. The number of aromatic nitrogens is 2. The molecule has 2 N–H and O–H groups in total. The molecule has 0 saturated carbocycles. The van der Waals surface area contributed by atoms with Crippen LogP contribution in [-0.4, -0.2) is 21.5 Å². The Hall–Kier alpha value is -1.52. The van der Waals surface area contributed by atoms with Crippen LogP contribution in [0.2, 0.25) is 5.02 Å². The summed E-state index contributed by atoms with van der Waals surface area (Å²) in [5.41, 5.74) is 7.12. The second-order valence-corrected chi connectivity index (χ2v) is 4.03. The van der Waals surface area contributed by atoms with E-state index in [0.29, 0.717) is 16.5 Å². The Labute approximate surface area is 109 Å². The van der Waals surface area contributed by atoms with E-state index >= 15 is 0 Å². The topological polar surface area (TPSA) is 56.2 Å². The Morgan fingerprint density at radius 3 is 2.82 bits per heavy atom. The lowest BCUT2D eigenvalue weighted by Gasteiger charge is -2.05. The highest BCUT2D eigenvalue weighted by atomic mass is 35.5. The van der Waals surface area contributed by atoms with Crippen LogP contribution in [0.3, 0.4) is 0 Å². The smallest absolute Gasteiger partial charge is 0.115 e. The van der Waals surface area contributed by atoms with E-state index in [1.165, 1.54) is 0 Å². The molecule has 0 spiro atoms. The van der Waals surface area contributed by atoms with E-state index < -0.39 is 0 Å². The summed E-state index contributed by atoms with van der Waals surface area (Å²) in [6, 6.07) is 7.48. The molecule has 0 radical (unpaired) electrons. The molecular weight excluding hydrogens is 259 g/mol. The predicted molar refractivity (Wildman–Crippen MR) is 70.6 cm³/mol. The van der Waals surface area contributed by atoms with Gasteiger partial charge in [0.25, 0.3) is 0 Å². The average molecular weight is 269 g/mol. The first-order valence-electron chi connectivity index (χ1n) is 4.89. The van der Waals surface area contributed by atoms with Gasteiger partial charge in [0.2, 0.25) is 0 Å². The maximum atomic E-state index is 5.83. The monoisotopic (exact) mass is 268 g/mol. The third kappa shape index (κ3) is 2.78. The van der Waals surface area contributed by atoms with Crippen molar-refractivity contribution in [2.75, 3.05) is 5.88 Å². The Morgan fingerprint density at radius 2 is 2.18 bits per heavy atom. The Balaban J connectivity index is 2.48. The zero-order valence-corrected chi connectivity index (χ0v) is 10.4. The van der Waals surface area contributed by atoms with Crippen molar-refractivity contribution in [2.45, 2.75) is 0 Å². The maximum absolute atomic E-state index is 5.83. The molecule has 0 aliphatic carbocycles. The van der Waals surface area contributed by atoms with Crippen LogP contribution in [0.1, 0.15) is 0 Å². The van der Waals surface area contributed by atoms with Crippen molar-refractivity contribution in [3.63, 3.8) is 0 Å². The lowest BCUT2D eigenvalue weighted by atomic mass is 10.2. The highest BCUT2D eigenvalue weighted by Crippen LogP contribution is 2.23. The van der Waals surface area contributed by atoms with E-state index in [9.17, 15) is 0 Å². The number of hydrogen-bond acceptors (Lipinski definition) is 2. The fraction of sp³-hybridized carbons (Fsp3) is 0.0909. The zero-order valence-electron chi connectivity index (χ0n) is 8.85. The van der Waals surface area contributed by atoms with Crippen LogP contribution in [0.15, 0.2) is 41.7 Å². The summed E-state index contributed by atoms with van der Waals surface area (Å²) < 4.78 is 1.64. The number of amidine groups is 1. The molecule has 17 heavy (non-hydrogen) atoms. The van der Waals surface area contributed by atoms with E-state index in [1.54, 1.807) is 17.1 Å². The van der Waals surface area contributed by atoms with Crippen LogP contribution < -0.4 is 5.73 Å². The number of nitrogens with zero attached hydrogens (tertiary/aromatic N) is 3. The average Bonchev–Trinajstić information content (AvgIpc) is 2.76. The molecule has 88 valence electrons. The van der Waals surface area contributed by atoms with Gasteiger partial charge in [-0.25, -0.2) is 9.67 Å². The minimum absolute atomic E-state index is 0.189. The predicted octanol–water partition coefficient (Wildman–Crippen LogP) is 2.75. The molecule has 0 saturated heterocycles. The summed E-state index contributed by atoms with van der Waals surface area (Å²) in [7, 11) is 0. The zero-order chi connectivity index (χ0) is 12.3. The van der Waals surface area contributed by atoms with Crippen molar-refractivity contribution in [1.29, 1.82) is 0 Å². The van der Waals surface area contributed by atoms with E-state index in [0.717, 1.165) is 5.69 Å². The molecule has 0 fully saturated rings. The van der Waals surface area contributed by atoms with Gasteiger partial charge >= 0.3 is 0 Å². The quantitative estimate of drug-likeness (QED) is 0.529. The van der Waals surface area contributed by atoms with Gasteiger partial charge < -0.3 is 5.73 Å². The standard InChI is InChI=1S/C11H10Cl2N4/c12-5-11(14)16-9-3-1-2-4-10(9)17-7-8(13)6-15-17/h1-4,6-7H,5H2,(H2,14,16). The molecule has 0 bridgehead atoms. The summed E-state index contributed by atoms with van der Waals surface area (Å²) in [5.74, 6) is 0.547. The van der Waals surface area contributed by atoms with Crippen molar-refractivity contribution < 1.29 is 0 Å². The van der Waals surface area contributed by atoms with Crippen LogP contribution in [0.25, 0.3) is 5.69 Å². The molecule has 0 amide bonds. The van der Waals surface area contributed by atoms with Crippen molar-refractivity contribution in [3.8, 4) is 5.69 Å². The van der Waals surface area contributed by atoms with Crippen LogP contribution >= 0.6 is 23.2 Å². The number of benzene rings is 1. The van der Waals surface area contributed by atoms with Crippen molar-refractivity contribution in [2.24, 2.45) is 10.7 Å². The Morgan fingerprint density at radius 1 is 1.41 bits per heavy atom. The number of rotatable bonds is 3. The number of alkyl halides is 1. The number of aliphatic imine (C=N–C) groups is 1. The van der Waals surface area contributed by atoms with Crippen LogP contribution in [0.4, 0.5) is 5.69 Å². The molecule has 1 aromatic heterocycles. The molecule has 2 aromatic rings. The van der Waals surface area contributed by atoms with Gasteiger partial charge in [0, 0.05) is 6.20 Å². The molecule has 1 heterocycles. The van der Waals surface area contributed by atoms with Gasteiger partial charge in [-0.05, 0) is 12.1 Å². The molecule has 1 aromatic carbocycles. The fourth-order valence-electron chi connectivity index (χ4n) is 1.37. The lowest BCUT2D eigenvalue weighted by molar-refractivity contribution is 0.880. The van der Waals surface area contributed by atoms with Crippen LogP contribution in [0.5, 0.6) is 0 Å². The van der Waals surface area contributed by atoms with Crippen LogP contribution in [-0.2, 0) is 0 Å².